The second-order valence-electron chi connectivity index (χ2n) is 5.15. The Labute approximate surface area is 136 Å². The van der Waals surface area contributed by atoms with Crippen LogP contribution in [-0.2, 0) is 0 Å². The van der Waals surface area contributed by atoms with Crippen molar-refractivity contribution in [3.05, 3.63) is 71.4 Å². The van der Waals surface area contributed by atoms with Crippen LogP contribution in [0.15, 0.2) is 54.6 Å². The second-order valence-corrected chi connectivity index (χ2v) is 6.19. The van der Waals surface area contributed by atoms with Gasteiger partial charge in [0.25, 0.3) is 0 Å². The molecule has 0 bridgehead atoms. The van der Waals surface area contributed by atoms with Gasteiger partial charge in [-0.2, -0.15) is 5.26 Å². The number of nitrogens with zero attached hydrogens (tertiary/aromatic N) is 2. The van der Waals surface area contributed by atoms with Crippen LogP contribution in [0.3, 0.4) is 0 Å². The summed E-state index contributed by atoms with van der Waals surface area (Å²) in [5, 5.41) is 9.46. The van der Waals surface area contributed by atoms with Crippen LogP contribution in [-0.4, -0.2) is 10.2 Å². The Morgan fingerprint density at radius 3 is 2.52 bits per heavy atom. The fourth-order valence-electron chi connectivity index (χ4n) is 2.78. The number of aromatic nitrogens is 1. The normalized spacial score (nSPS) is 10.9. The quantitative estimate of drug-likeness (QED) is 0.571. The first-order chi connectivity index (χ1) is 11.2. The maximum Gasteiger partial charge on any atom is 0.211 e. The Morgan fingerprint density at radius 2 is 1.78 bits per heavy atom. The van der Waals surface area contributed by atoms with Crippen LogP contribution >= 0.6 is 11.3 Å². The Hall–Kier alpha value is -3.10. The smallest absolute Gasteiger partial charge is 0.211 e. The molecule has 2 aromatic heterocycles. The molecule has 0 amide bonds. The minimum Gasteiger partial charge on any atom is -0.396 e. The highest BCUT2D eigenvalue weighted by Crippen LogP contribution is 2.36. The molecule has 0 fully saturated rings. The van der Waals surface area contributed by atoms with E-state index in [-0.39, 0.29) is 11.5 Å². The molecule has 23 heavy (non-hydrogen) atoms. The predicted octanol–water partition coefficient (Wildman–Crippen LogP) is 3.84. The van der Waals surface area contributed by atoms with E-state index in [0.717, 1.165) is 10.2 Å². The Kier molecular flexibility index (Phi) is 2.93. The lowest BCUT2D eigenvalue weighted by molar-refractivity contribution is 0.103. The summed E-state index contributed by atoms with van der Waals surface area (Å²) in [4.78, 5) is 13.7. The molecular weight excluding hydrogens is 306 g/mol. The van der Waals surface area contributed by atoms with E-state index in [9.17, 15) is 10.1 Å². The highest BCUT2D eigenvalue weighted by Gasteiger charge is 2.25. The maximum atomic E-state index is 12.9. The first kappa shape index (κ1) is 13.6. The summed E-state index contributed by atoms with van der Waals surface area (Å²) in [6.07, 6.45) is 0. The molecule has 0 spiro atoms. The molecule has 0 saturated heterocycles. The summed E-state index contributed by atoms with van der Waals surface area (Å²) < 4.78 is 2.82. The molecule has 4 aromatic rings. The van der Waals surface area contributed by atoms with Gasteiger partial charge in [-0.05, 0) is 12.1 Å². The average molecular weight is 317 g/mol. The Morgan fingerprint density at radius 1 is 1.09 bits per heavy atom. The summed E-state index contributed by atoms with van der Waals surface area (Å²) in [6, 6.07) is 18.9. The van der Waals surface area contributed by atoms with E-state index in [2.05, 4.69) is 6.07 Å². The number of para-hydroxylation sites is 1. The molecule has 0 saturated carbocycles. The molecule has 0 atom stereocenters. The number of hydrogen-bond acceptors (Lipinski definition) is 4. The highest BCUT2D eigenvalue weighted by atomic mass is 32.1. The minimum atomic E-state index is -0.178. The van der Waals surface area contributed by atoms with E-state index >= 15 is 0 Å². The van der Waals surface area contributed by atoms with Crippen LogP contribution in [0.4, 0.5) is 5.69 Å². The molecule has 5 heteroatoms. The summed E-state index contributed by atoms with van der Waals surface area (Å²) in [6.45, 7) is 0. The zero-order chi connectivity index (χ0) is 16.0. The van der Waals surface area contributed by atoms with Gasteiger partial charge in [0.15, 0.2) is 0 Å². The fraction of sp³-hybridized carbons (Fsp3) is 0. The van der Waals surface area contributed by atoms with Gasteiger partial charge in [-0.3, -0.25) is 9.20 Å². The predicted molar refractivity (Wildman–Crippen MR) is 91.8 cm³/mol. The monoisotopic (exact) mass is 317 g/mol. The molecule has 110 valence electrons. The van der Waals surface area contributed by atoms with Crippen LogP contribution in [0.25, 0.3) is 15.0 Å². The number of nitrogen functional groups attached to an aromatic ring is 1. The standard InChI is InChI=1S/C18H11N3OS/c19-10-12-15(20)16(17(22)11-6-2-1-3-7-11)21-13-8-4-5-9-14(13)23-18(12)21/h1-9H,20H2. The Balaban J connectivity index is 2.12. The second kappa shape index (κ2) is 4.97. The number of fused-ring (bicyclic) bond motifs is 3. The Bertz CT molecular complexity index is 1100. The van der Waals surface area contributed by atoms with E-state index < -0.39 is 0 Å². The molecule has 0 aliphatic heterocycles. The van der Waals surface area contributed by atoms with Gasteiger partial charge in [0.05, 0.1) is 15.9 Å². The van der Waals surface area contributed by atoms with Crippen molar-refractivity contribution in [1.29, 1.82) is 5.26 Å². The van der Waals surface area contributed by atoms with Gasteiger partial charge in [-0.1, -0.05) is 42.5 Å². The molecule has 4 rings (SSSR count). The van der Waals surface area contributed by atoms with Gasteiger partial charge in [-0.15, -0.1) is 11.3 Å². The van der Waals surface area contributed by atoms with Crippen LogP contribution in [0.2, 0.25) is 0 Å². The average Bonchev–Trinajstić information content (AvgIpc) is 3.08. The molecular formula is C18H11N3OS. The summed E-state index contributed by atoms with van der Waals surface area (Å²) >= 11 is 1.47. The third-order valence-corrected chi connectivity index (χ3v) is 4.99. The molecule has 2 aromatic carbocycles. The first-order valence-corrected chi connectivity index (χ1v) is 7.85. The summed E-state index contributed by atoms with van der Waals surface area (Å²) in [5.41, 5.74) is 8.56. The summed E-state index contributed by atoms with van der Waals surface area (Å²) in [5.74, 6) is -0.178. The van der Waals surface area contributed by atoms with Crippen molar-refractivity contribution < 1.29 is 4.79 Å². The van der Waals surface area contributed by atoms with E-state index in [1.165, 1.54) is 11.3 Å². The number of nitrogens with two attached hydrogens (primary N) is 1. The van der Waals surface area contributed by atoms with Gasteiger partial charge in [0.1, 0.15) is 22.2 Å². The maximum absolute atomic E-state index is 12.9. The number of rotatable bonds is 2. The van der Waals surface area contributed by atoms with E-state index in [1.807, 2.05) is 46.9 Å². The molecule has 0 unspecified atom stereocenters. The van der Waals surface area contributed by atoms with Gasteiger partial charge >= 0.3 is 0 Å². The molecule has 0 radical (unpaired) electrons. The number of benzene rings is 2. The number of carbonyl (C=O) groups is 1. The zero-order valence-corrected chi connectivity index (χ0v) is 12.8. The van der Waals surface area contributed by atoms with E-state index in [1.54, 1.807) is 12.1 Å². The molecule has 0 aliphatic carbocycles. The minimum absolute atomic E-state index is 0.178. The van der Waals surface area contributed by atoms with Crippen molar-refractivity contribution in [3.63, 3.8) is 0 Å². The van der Waals surface area contributed by atoms with E-state index in [4.69, 9.17) is 5.73 Å². The van der Waals surface area contributed by atoms with Gasteiger partial charge < -0.3 is 5.73 Å². The van der Waals surface area contributed by atoms with Gasteiger partial charge in [0, 0.05) is 5.56 Å². The number of thiazole rings is 1. The topological polar surface area (TPSA) is 71.3 Å². The van der Waals surface area contributed by atoms with Gasteiger partial charge in [-0.25, -0.2) is 0 Å². The van der Waals surface area contributed by atoms with Crippen molar-refractivity contribution in [1.82, 2.24) is 4.40 Å². The molecule has 2 N–H and O–H groups in total. The van der Waals surface area contributed by atoms with Crippen LogP contribution in [0.1, 0.15) is 21.6 Å². The fourth-order valence-corrected chi connectivity index (χ4v) is 3.94. The largest absolute Gasteiger partial charge is 0.396 e. The third kappa shape index (κ3) is 1.86. The van der Waals surface area contributed by atoms with Crippen molar-refractivity contribution >= 4 is 37.9 Å². The van der Waals surface area contributed by atoms with Crippen molar-refractivity contribution in [2.24, 2.45) is 0 Å². The van der Waals surface area contributed by atoms with Gasteiger partial charge in [0.2, 0.25) is 5.78 Å². The van der Waals surface area contributed by atoms with Crippen molar-refractivity contribution in [2.45, 2.75) is 0 Å². The number of anilines is 1. The number of ketones is 1. The van der Waals surface area contributed by atoms with Crippen molar-refractivity contribution in [2.75, 3.05) is 5.73 Å². The lowest BCUT2D eigenvalue weighted by Crippen LogP contribution is -2.07. The lowest BCUT2D eigenvalue weighted by Gasteiger charge is -2.03. The number of nitriles is 1. The van der Waals surface area contributed by atoms with Crippen molar-refractivity contribution in [3.8, 4) is 6.07 Å². The zero-order valence-electron chi connectivity index (χ0n) is 12.0. The summed E-state index contributed by atoms with van der Waals surface area (Å²) in [7, 11) is 0. The number of carbonyl (C=O) groups excluding carboxylic acids is 1. The highest BCUT2D eigenvalue weighted by molar-refractivity contribution is 7.24. The van der Waals surface area contributed by atoms with Crippen LogP contribution in [0.5, 0.6) is 0 Å². The first-order valence-electron chi connectivity index (χ1n) is 7.03. The third-order valence-electron chi connectivity index (χ3n) is 3.84. The SMILES string of the molecule is N#Cc1c(N)c(C(=O)c2ccccc2)n2c1sc1ccccc12. The molecule has 0 aliphatic rings. The molecule has 4 nitrogen and oxygen atoms in total. The lowest BCUT2D eigenvalue weighted by atomic mass is 10.1. The van der Waals surface area contributed by atoms with E-state index in [0.29, 0.717) is 21.7 Å². The number of hydrogen-bond donors (Lipinski definition) is 1. The van der Waals surface area contributed by atoms with Crippen LogP contribution < -0.4 is 5.73 Å². The molecule has 2 heterocycles. The van der Waals surface area contributed by atoms with Crippen LogP contribution in [0, 0.1) is 11.3 Å².